The zero-order valence-electron chi connectivity index (χ0n) is 9.78. The van der Waals surface area contributed by atoms with Crippen molar-refractivity contribution in [3.63, 3.8) is 0 Å². The molecule has 5 heteroatoms. The van der Waals surface area contributed by atoms with Crippen LogP contribution in [0.2, 0.25) is 0 Å². The van der Waals surface area contributed by atoms with Crippen LogP contribution in [0.3, 0.4) is 0 Å². The van der Waals surface area contributed by atoms with E-state index in [0.29, 0.717) is 17.8 Å². The number of carbonyl (C=O) groups is 1. The van der Waals surface area contributed by atoms with Gasteiger partial charge in [-0.3, -0.25) is 15.6 Å². The zero-order chi connectivity index (χ0) is 12.1. The maximum Gasteiger partial charge on any atom is 0.255 e. The Labute approximate surface area is 101 Å². The second-order valence-electron chi connectivity index (χ2n) is 4.41. The fourth-order valence-electron chi connectivity index (χ4n) is 1.80. The normalized spacial score (nSPS) is 14.4. The van der Waals surface area contributed by atoms with Gasteiger partial charge in [0.15, 0.2) is 0 Å². The maximum atomic E-state index is 11.8. The fraction of sp³-hybridized carbons (Fsp3) is 0.500. The van der Waals surface area contributed by atoms with Gasteiger partial charge in [-0.25, -0.2) is 0 Å². The average molecular weight is 234 g/mol. The van der Waals surface area contributed by atoms with Gasteiger partial charge in [0.2, 0.25) is 0 Å². The number of hydrazine groups is 1. The molecule has 0 aromatic carbocycles. The van der Waals surface area contributed by atoms with Gasteiger partial charge >= 0.3 is 0 Å². The van der Waals surface area contributed by atoms with Crippen molar-refractivity contribution in [3.8, 4) is 0 Å². The minimum absolute atomic E-state index is 0.123. The monoisotopic (exact) mass is 234 g/mol. The van der Waals surface area contributed by atoms with Crippen LogP contribution in [0, 0.1) is 5.92 Å². The molecule has 0 spiro atoms. The van der Waals surface area contributed by atoms with Gasteiger partial charge in [0, 0.05) is 18.9 Å². The molecule has 1 aliphatic carbocycles. The summed E-state index contributed by atoms with van der Waals surface area (Å²) in [5.74, 6) is 6.12. The van der Waals surface area contributed by atoms with E-state index in [9.17, 15) is 4.79 Å². The third-order valence-electron chi connectivity index (χ3n) is 2.99. The van der Waals surface area contributed by atoms with Gasteiger partial charge in [0.05, 0.1) is 11.3 Å². The molecule has 0 bridgehead atoms. The van der Waals surface area contributed by atoms with Gasteiger partial charge in [0.1, 0.15) is 0 Å². The van der Waals surface area contributed by atoms with Crippen LogP contribution in [0.15, 0.2) is 18.5 Å². The van der Waals surface area contributed by atoms with E-state index < -0.39 is 0 Å². The summed E-state index contributed by atoms with van der Waals surface area (Å²) in [4.78, 5) is 15.8. The molecule has 92 valence electrons. The molecular weight excluding hydrogens is 216 g/mol. The van der Waals surface area contributed by atoms with Crippen LogP contribution >= 0.6 is 0 Å². The number of rotatable bonds is 6. The first-order chi connectivity index (χ1) is 8.31. The van der Waals surface area contributed by atoms with E-state index in [4.69, 9.17) is 5.84 Å². The first kappa shape index (κ1) is 11.9. The second kappa shape index (κ2) is 5.63. The number of carbonyl (C=O) groups excluding carboxylic acids is 1. The van der Waals surface area contributed by atoms with Gasteiger partial charge in [-0.05, 0) is 24.8 Å². The molecule has 0 saturated heterocycles. The molecule has 4 N–H and O–H groups in total. The van der Waals surface area contributed by atoms with E-state index in [2.05, 4.69) is 15.7 Å². The van der Waals surface area contributed by atoms with Crippen LogP contribution < -0.4 is 16.6 Å². The molecular formula is C12H18N4O. The SMILES string of the molecule is NNc1ccncc1C(=O)NCCCC1CC1. The van der Waals surface area contributed by atoms with Crippen LogP contribution in [-0.4, -0.2) is 17.4 Å². The Morgan fingerprint density at radius 2 is 2.35 bits per heavy atom. The number of pyridine rings is 1. The molecule has 1 fully saturated rings. The van der Waals surface area contributed by atoms with Crippen molar-refractivity contribution >= 4 is 11.6 Å². The Morgan fingerprint density at radius 3 is 3.06 bits per heavy atom. The molecule has 1 heterocycles. The standard InChI is InChI=1S/C12H18N4O/c13-16-11-5-7-14-8-10(11)12(17)15-6-1-2-9-3-4-9/h5,7-9H,1-4,6,13H2,(H,14,16)(H,15,17). The number of nitrogen functional groups attached to an aromatic ring is 1. The number of anilines is 1. The highest BCUT2D eigenvalue weighted by Crippen LogP contribution is 2.33. The predicted octanol–water partition coefficient (Wildman–Crippen LogP) is 1.29. The van der Waals surface area contributed by atoms with Crippen molar-refractivity contribution in [2.45, 2.75) is 25.7 Å². The Hall–Kier alpha value is -1.62. The molecule has 1 saturated carbocycles. The lowest BCUT2D eigenvalue weighted by atomic mass is 10.2. The first-order valence-corrected chi connectivity index (χ1v) is 6.00. The van der Waals surface area contributed by atoms with E-state index in [0.717, 1.165) is 12.3 Å². The number of nitrogens with two attached hydrogens (primary N) is 1. The quantitative estimate of drug-likeness (QED) is 0.393. The molecule has 17 heavy (non-hydrogen) atoms. The number of hydrogen-bond acceptors (Lipinski definition) is 4. The molecule has 1 aliphatic rings. The van der Waals surface area contributed by atoms with Gasteiger partial charge < -0.3 is 10.7 Å². The summed E-state index contributed by atoms with van der Waals surface area (Å²) >= 11 is 0. The van der Waals surface area contributed by atoms with Crippen molar-refractivity contribution in [1.82, 2.24) is 10.3 Å². The topological polar surface area (TPSA) is 80.0 Å². The van der Waals surface area contributed by atoms with Gasteiger partial charge in [-0.1, -0.05) is 12.8 Å². The van der Waals surface area contributed by atoms with Crippen LogP contribution in [0.5, 0.6) is 0 Å². The summed E-state index contributed by atoms with van der Waals surface area (Å²) in [6.45, 7) is 0.717. The molecule has 0 unspecified atom stereocenters. The highest BCUT2D eigenvalue weighted by Gasteiger charge is 2.20. The summed E-state index contributed by atoms with van der Waals surface area (Å²) < 4.78 is 0. The zero-order valence-corrected chi connectivity index (χ0v) is 9.78. The second-order valence-corrected chi connectivity index (χ2v) is 4.41. The van der Waals surface area contributed by atoms with Crippen LogP contribution in [0.4, 0.5) is 5.69 Å². The Kier molecular flexibility index (Phi) is 3.93. The number of nitrogens with zero attached hydrogens (tertiary/aromatic N) is 1. The molecule has 1 aromatic heterocycles. The lowest BCUT2D eigenvalue weighted by Crippen LogP contribution is -2.26. The van der Waals surface area contributed by atoms with Crippen molar-refractivity contribution < 1.29 is 4.79 Å². The van der Waals surface area contributed by atoms with Crippen molar-refractivity contribution in [2.75, 3.05) is 12.0 Å². The van der Waals surface area contributed by atoms with E-state index in [-0.39, 0.29) is 5.91 Å². The lowest BCUT2D eigenvalue weighted by Gasteiger charge is -2.08. The number of nitrogens with one attached hydrogen (secondary N) is 2. The predicted molar refractivity (Wildman–Crippen MR) is 66.3 cm³/mol. The number of amides is 1. The van der Waals surface area contributed by atoms with Crippen LogP contribution in [-0.2, 0) is 0 Å². The Morgan fingerprint density at radius 1 is 1.53 bits per heavy atom. The molecule has 0 radical (unpaired) electrons. The third-order valence-corrected chi connectivity index (χ3v) is 2.99. The van der Waals surface area contributed by atoms with E-state index in [1.807, 2.05) is 0 Å². The summed E-state index contributed by atoms with van der Waals surface area (Å²) in [6.07, 6.45) is 8.09. The third kappa shape index (κ3) is 3.42. The van der Waals surface area contributed by atoms with Crippen molar-refractivity contribution in [3.05, 3.63) is 24.0 Å². The lowest BCUT2D eigenvalue weighted by molar-refractivity contribution is 0.0953. The fourth-order valence-corrected chi connectivity index (χ4v) is 1.80. The summed E-state index contributed by atoms with van der Waals surface area (Å²) in [5, 5.41) is 2.88. The minimum atomic E-state index is -0.123. The van der Waals surface area contributed by atoms with E-state index >= 15 is 0 Å². The highest BCUT2D eigenvalue weighted by atomic mass is 16.1. The largest absolute Gasteiger partial charge is 0.352 e. The van der Waals surface area contributed by atoms with E-state index in [1.165, 1.54) is 25.5 Å². The molecule has 0 aliphatic heterocycles. The van der Waals surface area contributed by atoms with Crippen molar-refractivity contribution in [2.24, 2.45) is 11.8 Å². The Bertz CT molecular complexity index is 390. The average Bonchev–Trinajstić information content (AvgIpc) is 3.18. The molecule has 2 rings (SSSR count). The molecule has 1 aromatic rings. The highest BCUT2D eigenvalue weighted by molar-refractivity contribution is 5.99. The summed E-state index contributed by atoms with van der Waals surface area (Å²) in [6, 6.07) is 1.68. The summed E-state index contributed by atoms with van der Waals surface area (Å²) in [5.41, 5.74) is 3.58. The Balaban J connectivity index is 1.80. The summed E-state index contributed by atoms with van der Waals surface area (Å²) in [7, 11) is 0. The van der Waals surface area contributed by atoms with Gasteiger partial charge in [-0.2, -0.15) is 0 Å². The van der Waals surface area contributed by atoms with Crippen LogP contribution in [0.1, 0.15) is 36.0 Å². The first-order valence-electron chi connectivity index (χ1n) is 6.00. The maximum absolute atomic E-state index is 11.8. The minimum Gasteiger partial charge on any atom is -0.352 e. The number of hydrogen-bond donors (Lipinski definition) is 3. The molecule has 1 amide bonds. The smallest absolute Gasteiger partial charge is 0.255 e. The molecule has 5 nitrogen and oxygen atoms in total. The number of aromatic nitrogens is 1. The van der Waals surface area contributed by atoms with Gasteiger partial charge in [-0.15, -0.1) is 0 Å². The van der Waals surface area contributed by atoms with Gasteiger partial charge in [0.25, 0.3) is 5.91 Å². The van der Waals surface area contributed by atoms with E-state index in [1.54, 1.807) is 12.3 Å². The van der Waals surface area contributed by atoms with Crippen LogP contribution in [0.25, 0.3) is 0 Å². The van der Waals surface area contributed by atoms with Crippen molar-refractivity contribution in [1.29, 1.82) is 0 Å². The molecule has 0 atom stereocenters.